The monoisotopic (exact) mass is 345 g/mol. The van der Waals surface area contributed by atoms with Gasteiger partial charge in [-0.05, 0) is 44.1 Å². The number of urea groups is 1. The molecule has 0 spiro atoms. The number of carbonyl (C=O) groups excluding carboxylic acids is 1. The van der Waals surface area contributed by atoms with Crippen LogP contribution < -0.4 is 5.32 Å². The zero-order valence-corrected chi connectivity index (χ0v) is 15.2. The Hall–Kier alpha value is -1.56. The van der Waals surface area contributed by atoms with E-state index in [1.54, 1.807) is 0 Å². The van der Waals surface area contributed by atoms with Crippen LogP contribution in [0.2, 0.25) is 0 Å². The third-order valence-electron chi connectivity index (χ3n) is 6.09. The number of aromatic nitrogens is 2. The van der Waals surface area contributed by atoms with Crippen molar-refractivity contribution in [2.75, 3.05) is 32.7 Å². The fourth-order valence-electron chi connectivity index (χ4n) is 4.75. The van der Waals surface area contributed by atoms with E-state index in [0.717, 1.165) is 57.9 Å². The van der Waals surface area contributed by atoms with Gasteiger partial charge in [0.1, 0.15) is 0 Å². The summed E-state index contributed by atoms with van der Waals surface area (Å²) in [5.74, 6) is 0.880. The van der Waals surface area contributed by atoms with Gasteiger partial charge >= 0.3 is 6.03 Å². The molecule has 1 saturated heterocycles. The number of carbonyl (C=O) groups is 1. The maximum Gasteiger partial charge on any atom is 0.317 e. The van der Waals surface area contributed by atoms with Crippen molar-refractivity contribution in [3.05, 3.63) is 18.0 Å². The van der Waals surface area contributed by atoms with Crippen molar-refractivity contribution in [3.63, 3.8) is 0 Å². The molecule has 2 fully saturated rings. The van der Waals surface area contributed by atoms with Crippen molar-refractivity contribution in [2.45, 2.75) is 57.5 Å². The number of rotatable bonds is 5. The minimum absolute atomic E-state index is 0.108. The Morgan fingerprint density at radius 3 is 2.80 bits per heavy atom. The van der Waals surface area contributed by atoms with Crippen LogP contribution in [0.15, 0.2) is 12.3 Å². The molecule has 3 heterocycles. The molecule has 0 bridgehead atoms. The lowest BCUT2D eigenvalue weighted by molar-refractivity contribution is 0.146. The van der Waals surface area contributed by atoms with E-state index < -0.39 is 0 Å². The van der Waals surface area contributed by atoms with E-state index in [0.29, 0.717) is 6.04 Å². The highest BCUT2D eigenvalue weighted by molar-refractivity contribution is 5.74. The first-order valence-corrected chi connectivity index (χ1v) is 10.1. The average Bonchev–Trinajstić information content (AvgIpc) is 3.36. The standard InChI is InChI=1S/C19H31N5O/c25-19(23-11-3-4-12-23)20-9-7-17-14-22(13-16-5-1-2-6-16)15-18-8-10-21-24(17)18/h8,10,16-17H,1-7,9,11-15H2,(H,20,25)/t17-/m1/s1. The Labute approximate surface area is 150 Å². The second-order valence-electron chi connectivity index (χ2n) is 7.98. The third-order valence-corrected chi connectivity index (χ3v) is 6.09. The van der Waals surface area contributed by atoms with Gasteiger partial charge in [0.25, 0.3) is 0 Å². The molecule has 1 saturated carbocycles. The van der Waals surface area contributed by atoms with E-state index in [2.05, 4.69) is 26.1 Å². The first-order chi connectivity index (χ1) is 12.3. The molecule has 2 amide bonds. The van der Waals surface area contributed by atoms with Crippen LogP contribution in [0.5, 0.6) is 0 Å². The maximum atomic E-state index is 12.2. The van der Waals surface area contributed by atoms with Gasteiger partial charge in [-0.25, -0.2) is 4.79 Å². The highest BCUT2D eigenvalue weighted by atomic mass is 16.2. The van der Waals surface area contributed by atoms with Gasteiger partial charge in [0.15, 0.2) is 0 Å². The van der Waals surface area contributed by atoms with E-state index in [4.69, 9.17) is 0 Å². The molecule has 1 aromatic heterocycles. The summed E-state index contributed by atoms with van der Waals surface area (Å²) in [6, 6.07) is 2.63. The van der Waals surface area contributed by atoms with Crippen molar-refractivity contribution >= 4 is 6.03 Å². The summed E-state index contributed by atoms with van der Waals surface area (Å²) in [5.41, 5.74) is 1.32. The van der Waals surface area contributed by atoms with Crippen LogP contribution >= 0.6 is 0 Å². The van der Waals surface area contributed by atoms with Gasteiger partial charge in [-0.15, -0.1) is 0 Å². The molecule has 1 atom stereocenters. The topological polar surface area (TPSA) is 53.4 Å². The van der Waals surface area contributed by atoms with Crippen LogP contribution in [0.3, 0.4) is 0 Å². The Kier molecular flexibility index (Phi) is 5.25. The molecular formula is C19H31N5O. The summed E-state index contributed by atoms with van der Waals surface area (Å²) in [5, 5.41) is 7.66. The molecule has 1 aromatic rings. The van der Waals surface area contributed by atoms with Crippen molar-refractivity contribution in [3.8, 4) is 0 Å². The molecule has 25 heavy (non-hydrogen) atoms. The van der Waals surface area contributed by atoms with Gasteiger partial charge in [0, 0.05) is 45.5 Å². The van der Waals surface area contributed by atoms with Crippen molar-refractivity contribution in [1.82, 2.24) is 24.9 Å². The van der Waals surface area contributed by atoms with Crippen LogP contribution in [0.25, 0.3) is 0 Å². The van der Waals surface area contributed by atoms with Crippen LogP contribution in [-0.2, 0) is 6.54 Å². The van der Waals surface area contributed by atoms with Gasteiger partial charge in [-0.2, -0.15) is 5.10 Å². The van der Waals surface area contributed by atoms with Crippen LogP contribution in [-0.4, -0.2) is 58.3 Å². The van der Waals surface area contributed by atoms with Gasteiger partial charge < -0.3 is 10.2 Å². The van der Waals surface area contributed by atoms with Crippen molar-refractivity contribution < 1.29 is 4.79 Å². The Morgan fingerprint density at radius 2 is 2.00 bits per heavy atom. The minimum atomic E-state index is 0.108. The smallest absolute Gasteiger partial charge is 0.317 e. The second kappa shape index (κ2) is 7.77. The summed E-state index contributed by atoms with van der Waals surface area (Å²) in [6.07, 6.45) is 10.8. The zero-order valence-electron chi connectivity index (χ0n) is 15.2. The predicted molar refractivity (Wildman–Crippen MR) is 97.3 cm³/mol. The molecule has 3 aliphatic rings. The van der Waals surface area contributed by atoms with Crippen LogP contribution in [0.4, 0.5) is 4.79 Å². The Bertz CT molecular complexity index is 574. The number of likely N-dealkylation sites (tertiary alicyclic amines) is 1. The molecule has 2 aliphatic heterocycles. The molecule has 0 radical (unpaired) electrons. The minimum Gasteiger partial charge on any atom is -0.338 e. The summed E-state index contributed by atoms with van der Waals surface area (Å²) < 4.78 is 2.19. The number of hydrogen-bond donors (Lipinski definition) is 1. The lowest BCUT2D eigenvalue weighted by Gasteiger charge is -2.35. The first-order valence-electron chi connectivity index (χ1n) is 10.1. The lowest BCUT2D eigenvalue weighted by atomic mass is 10.0. The molecule has 0 aromatic carbocycles. The fourth-order valence-corrected chi connectivity index (χ4v) is 4.75. The van der Waals surface area contributed by atoms with Gasteiger partial charge in [0.05, 0.1) is 11.7 Å². The fraction of sp³-hybridized carbons (Fsp3) is 0.789. The summed E-state index contributed by atoms with van der Waals surface area (Å²) in [4.78, 5) is 16.7. The number of nitrogens with zero attached hydrogens (tertiary/aromatic N) is 4. The molecular weight excluding hydrogens is 314 g/mol. The summed E-state index contributed by atoms with van der Waals surface area (Å²) in [6.45, 7) is 5.86. The molecule has 6 heteroatoms. The molecule has 1 aliphatic carbocycles. The van der Waals surface area contributed by atoms with Gasteiger partial charge in [-0.1, -0.05) is 12.8 Å². The number of hydrogen-bond acceptors (Lipinski definition) is 3. The normalized spacial score (nSPS) is 24.6. The molecule has 1 N–H and O–H groups in total. The van der Waals surface area contributed by atoms with Crippen molar-refractivity contribution in [1.29, 1.82) is 0 Å². The first kappa shape index (κ1) is 16.9. The predicted octanol–water partition coefficient (Wildman–Crippen LogP) is 2.63. The Morgan fingerprint density at radius 1 is 1.20 bits per heavy atom. The second-order valence-corrected chi connectivity index (χ2v) is 7.98. The van der Waals surface area contributed by atoms with E-state index in [-0.39, 0.29) is 6.03 Å². The third kappa shape index (κ3) is 4.00. The van der Waals surface area contributed by atoms with Crippen molar-refractivity contribution in [2.24, 2.45) is 5.92 Å². The SMILES string of the molecule is O=C(NCC[C@@H]1CN(CC2CCCC2)Cc2ccnn21)N1CCCC1. The largest absolute Gasteiger partial charge is 0.338 e. The zero-order chi connectivity index (χ0) is 17.1. The van der Waals surface area contributed by atoms with Crippen LogP contribution in [0.1, 0.15) is 56.7 Å². The Balaban J connectivity index is 1.31. The van der Waals surface area contributed by atoms with Crippen LogP contribution in [0, 0.1) is 5.92 Å². The molecule has 6 nitrogen and oxygen atoms in total. The molecule has 4 rings (SSSR count). The quantitative estimate of drug-likeness (QED) is 0.892. The van der Waals surface area contributed by atoms with Gasteiger partial charge in [-0.3, -0.25) is 9.58 Å². The number of amides is 2. The lowest BCUT2D eigenvalue weighted by Crippen LogP contribution is -2.42. The number of fused-ring (bicyclic) bond motifs is 1. The average molecular weight is 345 g/mol. The maximum absolute atomic E-state index is 12.2. The van der Waals surface area contributed by atoms with E-state index in [1.807, 2.05) is 11.1 Å². The summed E-state index contributed by atoms with van der Waals surface area (Å²) in [7, 11) is 0. The van der Waals surface area contributed by atoms with Gasteiger partial charge in [0.2, 0.25) is 0 Å². The van der Waals surface area contributed by atoms with E-state index >= 15 is 0 Å². The summed E-state index contributed by atoms with van der Waals surface area (Å²) >= 11 is 0. The van der Waals surface area contributed by atoms with E-state index in [1.165, 1.54) is 37.9 Å². The molecule has 0 unspecified atom stereocenters. The van der Waals surface area contributed by atoms with E-state index in [9.17, 15) is 4.79 Å². The highest BCUT2D eigenvalue weighted by Crippen LogP contribution is 2.29. The number of nitrogens with one attached hydrogen (secondary N) is 1. The molecule has 138 valence electrons. The highest BCUT2D eigenvalue weighted by Gasteiger charge is 2.28.